The van der Waals surface area contributed by atoms with Gasteiger partial charge < -0.3 is 9.88 Å². The molecule has 0 radical (unpaired) electrons. The summed E-state index contributed by atoms with van der Waals surface area (Å²) in [4.78, 5) is 18.4. The molecule has 2 aliphatic rings. The molecule has 2 aromatic carbocycles. The summed E-state index contributed by atoms with van der Waals surface area (Å²) in [5.41, 5.74) is 1.81. The summed E-state index contributed by atoms with van der Waals surface area (Å²) in [6, 6.07) is 9.27. The third kappa shape index (κ3) is 3.83. The average Bonchev–Trinajstić information content (AvgIpc) is 3.34. The van der Waals surface area contributed by atoms with E-state index in [1.54, 1.807) is 6.07 Å². The summed E-state index contributed by atoms with van der Waals surface area (Å²) in [6.45, 7) is 3.68. The van der Waals surface area contributed by atoms with Crippen molar-refractivity contribution < 1.29 is 22.0 Å². The van der Waals surface area contributed by atoms with Gasteiger partial charge in [-0.15, -0.1) is 0 Å². The van der Waals surface area contributed by atoms with Gasteiger partial charge in [0, 0.05) is 42.8 Å². The number of amides is 1. The van der Waals surface area contributed by atoms with Crippen molar-refractivity contribution in [3.8, 4) is 0 Å². The Morgan fingerprint density at radius 1 is 0.970 bits per heavy atom. The second-order valence-electron chi connectivity index (χ2n) is 9.15. The molecule has 0 saturated carbocycles. The van der Waals surface area contributed by atoms with Gasteiger partial charge in [-0.2, -0.15) is 4.31 Å². The molecular formula is C24H25F2N3O3S. The summed E-state index contributed by atoms with van der Waals surface area (Å²) in [7, 11) is -3.68. The van der Waals surface area contributed by atoms with Crippen molar-refractivity contribution in [2.45, 2.75) is 31.1 Å². The smallest absolute Gasteiger partial charge is 0.256 e. The van der Waals surface area contributed by atoms with Gasteiger partial charge in [0.25, 0.3) is 5.91 Å². The number of likely N-dealkylation sites (tertiary alicyclic amines) is 1. The van der Waals surface area contributed by atoms with Gasteiger partial charge in [0.1, 0.15) is 11.6 Å². The molecule has 2 fully saturated rings. The summed E-state index contributed by atoms with van der Waals surface area (Å²) < 4.78 is 54.3. The van der Waals surface area contributed by atoms with Crippen LogP contribution in [0, 0.1) is 24.0 Å². The lowest BCUT2D eigenvalue weighted by molar-refractivity contribution is 0.0752. The summed E-state index contributed by atoms with van der Waals surface area (Å²) >= 11 is 0. The van der Waals surface area contributed by atoms with E-state index in [0.717, 1.165) is 24.1 Å². The van der Waals surface area contributed by atoms with E-state index in [0.29, 0.717) is 55.7 Å². The lowest BCUT2D eigenvalue weighted by Crippen LogP contribution is -2.44. The number of carbonyl (C=O) groups is 1. The first-order chi connectivity index (χ1) is 15.7. The largest absolute Gasteiger partial charge is 0.358 e. The molecule has 174 valence electrons. The molecule has 0 bridgehead atoms. The van der Waals surface area contributed by atoms with Gasteiger partial charge in [-0.3, -0.25) is 4.79 Å². The van der Waals surface area contributed by atoms with E-state index in [4.69, 9.17) is 0 Å². The second-order valence-corrected chi connectivity index (χ2v) is 11.1. The number of hydrogen-bond donors (Lipinski definition) is 1. The SMILES string of the molecule is Cc1[nH]c2ccc(F)cc2c1C(=O)N1CCC2(CCN(S(=O)(=O)c3ccc(F)cc3)CC2)C1. The van der Waals surface area contributed by atoms with Crippen molar-refractivity contribution in [3.63, 3.8) is 0 Å². The van der Waals surface area contributed by atoms with Crippen LogP contribution in [-0.4, -0.2) is 54.7 Å². The average molecular weight is 474 g/mol. The van der Waals surface area contributed by atoms with Crippen molar-refractivity contribution >= 4 is 26.8 Å². The fourth-order valence-corrected chi connectivity index (χ4v) is 6.65. The Hall–Kier alpha value is -2.78. The molecule has 3 heterocycles. The number of aryl methyl sites for hydroxylation is 1. The molecule has 1 amide bonds. The van der Waals surface area contributed by atoms with Gasteiger partial charge in [-0.1, -0.05) is 0 Å². The normalized spacial score (nSPS) is 18.9. The first-order valence-corrected chi connectivity index (χ1v) is 12.5. The van der Waals surface area contributed by atoms with Crippen molar-refractivity contribution in [2.24, 2.45) is 5.41 Å². The van der Waals surface area contributed by atoms with Crippen LogP contribution in [0.3, 0.4) is 0 Å². The van der Waals surface area contributed by atoms with E-state index in [-0.39, 0.29) is 22.0 Å². The number of carbonyl (C=O) groups excluding carboxylic acids is 1. The minimum atomic E-state index is -3.68. The van der Waals surface area contributed by atoms with Crippen molar-refractivity contribution in [3.05, 3.63) is 65.4 Å². The molecular weight excluding hydrogens is 448 g/mol. The third-order valence-corrected chi connectivity index (χ3v) is 9.03. The van der Waals surface area contributed by atoms with E-state index >= 15 is 0 Å². The number of aromatic amines is 1. The molecule has 0 unspecified atom stereocenters. The summed E-state index contributed by atoms with van der Waals surface area (Å²) in [6.07, 6.45) is 2.11. The predicted octanol–water partition coefficient (Wildman–Crippen LogP) is 4.07. The minimum Gasteiger partial charge on any atom is -0.358 e. The molecule has 0 aliphatic carbocycles. The maximum absolute atomic E-state index is 13.8. The number of fused-ring (bicyclic) bond motifs is 1. The fourth-order valence-electron chi connectivity index (χ4n) is 5.21. The van der Waals surface area contributed by atoms with E-state index in [1.807, 2.05) is 11.8 Å². The number of piperidine rings is 1. The second kappa shape index (κ2) is 7.92. The molecule has 2 saturated heterocycles. The molecule has 1 N–H and O–H groups in total. The van der Waals surface area contributed by atoms with Gasteiger partial charge in [0.2, 0.25) is 10.0 Å². The van der Waals surface area contributed by atoms with Gasteiger partial charge in [0.05, 0.1) is 10.5 Å². The number of aromatic nitrogens is 1. The third-order valence-electron chi connectivity index (χ3n) is 7.12. The highest BCUT2D eigenvalue weighted by atomic mass is 32.2. The summed E-state index contributed by atoms with van der Waals surface area (Å²) in [5, 5.41) is 0.582. The lowest BCUT2D eigenvalue weighted by Gasteiger charge is -2.38. The van der Waals surface area contributed by atoms with Gasteiger partial charge in [-0.25, -0.2) is 17.2 Å². The molecule has 33 heavy (non-hydrogen) atoms. The van der Waals surface area contributed by atoms with Crippen LogP contribution in [0.4, 0.5) is 8.78 Å². The number of halogens is 2. The number of benzene rings is 2. The van der Waals surface area contributed by atoms with Crippen LogP contribution in [0.5, 0.6) is 0 Å². The molecule has 1 aromatic heterocycles. The highest BCUT2D eigenvalue weighted by Gasteiger charge is 2.44. The topological polar surface area (TPSA) is 73.5 Å². The standard InChI is InChI=1S/C24H25F2N3O3S/c1-16-22(20-14-18(26)4-7-21(20)27-16)23(30)28-11-8-24(15-28)9-12-29(13-10-24)33(31,32)19-5-2-17(25)3-6-19/h2-7,14,27H,8-13,15H2,1H3. The number of hydrogen-bond acceptors (Lipinski definition) is 3. The van der Waals surface area contributed by atoms with Crippen LogP contribution >= 0.6 is 0 Å². The minimum absolute atomic E-state index is 0.0881. The number of rotatable bonds is 3. The molecule has 3 aromatic rings. The Bertz CT molecular complexity index is 1330. The highest BCUT2D eigenvalue weighted by Crippen LogP contribution is 2.42. The molecule has 2 aliphatic heterocycles. The zero-order valence-corrected chi connectivity index (χ0v) is 19.1. The maximum atomic E-state index is 13.8. The fraction of sp³-hybridized carbons (Fsp3) is 0.375. The number of H-pyrrole nitrogens is 1. The van der Waals surface area contributed by atoms with Crippen LogP contribution in [0.25, 0.3) is 10.9 Å². The van der Waals surface area contributed by atoms with E-state index in [1.165, 1.54) is 28.6 Å². The van der Waals surface area contributed by atoms with Crippen LogP contribution in [0.15, 0.2) is 47.4 Å². The quantitative estimate of drug-likeness (QED) is 0.623. The molecule has 9 heteroatoms. The van der Waals surface area contributed by atoms with E-state index in [2.05, 4.69) is 4.98 Å². The van der Waals surface area contributed by atoms with Crippen molar-refractivity contribution in [1.82, 2.24) is 14.2 Å². The zero-order chi connectivity index (χ0) is 23.4. The van der Waals surface area contributed by atoms with Crippen LogP contribution in [0.1, 0.15) is 35.3 Å². The number of sulfonamides is 1. The van der Waals surface area contributed by atoms with E-state index < -0.39 is 15.8 Å². The Labute approximate surface area is 191 Å². The van der Waals surface area contributed by atoms with Crippen LogP contribution in [0.2, 0.25) is 0 Å². The molecule has 0 atom stereocenters. The number of nitrogens with zero attached hydrogens (tertiary/aromatic N) is 2. The molecule has 1 spiro atoms. The van der Waals surface area contributed by atoms with Crippen LogP contribution in [-0.2, 0) is 10.0 Å². The number of nitrogens with one attached hydrogen (secondary N) is 1. The summed E-state index contributed by atoms with van der Waals surface area (Å²) in [5.74, 6) is -0.985. The van der Waals surface area contributed by atoms with Gasteiger partial charge in [-0.05, 0) is 74.1 Å². The van der Waals surface area contributed by atoms with Gasteiger partial charge in [0.15, 0.2) is 0 Å². The Kier molecular flexibility index (Phi) is 5.29. The Morgan fingerprint density at radius 3 is 2.30 bits per heavy atom. The van der Waals surface area contributed by atoms with Crippen molar-refractivity contribution in [1.29, 1.82) is 0 Å². The van der Waals surface area contributed by atoms with Crippen LogP contribution < -0.4 is 0 Å². The Balaban J connectivity index is 1.30. The van der Waals surface area contributed by atoms with Gasteiger partial charge >= 0.3 is 0 Å². The maximum Gasteiger partial charge on any atom is 0.256 e. The highest BCUT2D eigenvalue weighted by molar-refractivity contribution is 7.89. The zero-order valence-electron chi connectivity index (χ0n) is 18.3. The Morgan fingerprint density at radius 2 is 1.61 bits per heavy atom. The first kappa shape index (κ1) is 22.0. The van der Waals surface area contributed by atoms with E-state index in [9.17, 15) is 22.0 Å². The molecule has 5 rings (SSSR count). The first-order valence-electron chi connectivity index (χ1n) is 11.0. The predicted molar refractivity (Wildman–Crippen MR) is 120 cm³/mol. The van der Waals surface area contributed by atoms with Crippen molar-refractivity contribution in [2.75, 3.05) is 26.2 Å². The molecule has 6 nitrogen and oxygen atoms in total. The lowest BCUT2D eigenvalue weighted by atomic mass is 9.78. The monoisotopic (exact) mass is 473 g/mol.